The lowest BCUT2D eigenvalue weighted by molar-refractivity contribution is -0.137. The highest BCUT2D eigenvalue weighted by Gasteiger charge is 2.30. The number of guanidine groups is 1. The molecule has 1 unspecified atom stereocenters. The van der Waals surface area contributed by atoms with Gasteiger partial charge in [0.15, 0.2) is 5.96 Å². The third-order valence-corrected chi connectivity index (χ3v) is 4.55. The summed E-state index contributed by atoms with van der Waals surface area (Å²) in [5.74, 6) is 1.00. The van der Waals surface area contributed by atoms with Crippen LogP contribution in [0.15, 0.2) is 29.3 Å². The number of nitrogens with one attached hydrogen (secondary N) is 1. The van der Waals surface area contributed by atoms with Crippen molar-refractivity contribution in [2.75, 3.05) is 39.4 Å². The quantitative estimate of drug-likeness (QED) is 0.503. The zero-order chi connectivity index (χ0) is 21.3. The Morgan fingerprint density at radius 3 is 2.45 bits per heavy atom. The molecule has 9 heteroatoms. The van der Waals surface area contributed by atoms with E-state index in [9.17, 15) is 18.3 Å². The van der Waals surface area contributed by atoms with Gasteiger partial charge in [0.1, 0.15) is 18.5 Å². The molecule has 1 heterocycles. The van der Waals surface area contributed by atoms with E-state index in [-0.39, 0.29) is 25.0 Å². The first kappa shape index (κ1) is 23.3. The number of piperidine rings is 1. The van der Waals surface area contributed by atoms with Crippen LogP contribution in [0.1, 0.15) is 32.3 Å². The highest BCUT2D eigenvalue weighted by molar-refractivity contribution is 5.80. The van der Waals surface area contributed by atoms with Gasteiger partial charge in [0, 0.05) is 26.2 Å². The monoisotopic (exact) mass is 417 g/mol. The van der Waals surface area contributed by atoms with Crippen LogP contribution in [0.5, 0.6) is 5.75 Å². The SMILES string of the molecule is CCNC(=NCC(O)COc1ccc(C(F)(F)F)cc1)N1CCC(OCC)CC1. The maximum absolute atomic E-state index is 12.6. The predicted octanol–water partition coefficient (Wildman–Crippen LogP) is 2.91. The van der Waals surface area contributed by atoms with Gasteiger partial charge in [0.25, 0.3) is 0 Å². The molecule has 0 aromatic heterocycles. The summed E-state index contributed by atoms with van der Waals surface area (Å²) >= 11 is 0. The van der Waals surface area contributed by atoms with Crippen molar-refractivity contribution in [3.05, 3.63) is 29.8 Å². The maximum Gasteiger partial charge on any atom is 0.416 e. The molecule has 164 valence electrons. The van der Waals surface area contributed by atoms with Crippen molar-refractivity contribution in [1.29, 1.82) is 0 Å². The number of hydrogen-bond acceptors (Lipinski definition) is 4. The number of likely N-dealkylation sites (tertiary alicyclic amines) is 1. The van der Waals surface area contributed by atoms with Crippen molar-refractivity contribution in [3.63, 3.8) is 0 Å². The van der Waals surface area contributed by atoms with E-state index in [0.717, 1.165) is 44.0 Å². The second kappa shape index (κ2) is 11.3. The van der Waals surface area contributed by atoms with Crippen LogP contribution in [-0.4, -0.2) is 67.6 Å². The number of aliphatic imine (C=N–C) groups is 1. The molecule has 0 aliphatic carbocycles. The summed E-state index contributed by atoms with van der Waals surface area (Å²) in [4.78, 5) is 6.62. The molecule has 1 aliphatic rings. The number of halogens is 3. The van der Waals surface area contributed by atoms with Crippen molar-refractivity contribution in [2.24, 2.45) is 4.99 Å². The van der Waals surface area contributed by atoms with E-state index in [1.165, 1.54) is 12.1 Å². The molecule has 1 saturated heterocycles. The van der Waals surface area contributed by atoms with Crippen LogP contribution >= 0.6 is 0 Å². The number of hydrogen-bond donors (Lipinski definition) is 2. The Kier molecular flexibility index (Phi) is 9.03. The van der Waals surface area contributed by atoms with Crippen LogP contribution in [0, 0.1) is 0 Å². The van der Waals surface area contributed by atoms with Gasteiger partial charge in [0.2, 0.25) is 0 Å². The highest BCUT2D eigenvalue weighted by atomic mass is 19.4. The average molecular weight is 417 g/mol. The van der Waals surface area contributed by atoms with Gasteiger partial charge in [-0.3, -0.25) is 4.99 Å². The van der Waals surface area contributed by atoms with Crippen LogP contribution in [0.2, 0.25) is 0 Å². The first-order valence-electron chi connectivity index (χ1n) is 9.96. The predicted molar refractivity (Wildman–Crippen MR) is 105 cm³/mol. The molecule has 0 spiro atoms. The van der Waals surface area contributed by atoms with Gasteiger partial charge in [-0.05, 0) is 51.0 Å². The number of nitrogens with zero attached hydrogens (tertiary/aromatic N) is 2. The van der Waals surface area contributed by atoms with E-state index >= 15 is 0 Å². The van der Waals surface area contributed by atoms with Crippen molar-refractivity contribution < 1.29 is 27.8 Å². The minimum Gasteiger partial charge on any atom is -0.491 e. The average Bonchev–Trinajstić information content (AvgIpc) is 2.70. The number of aliphatic hydroxyl groups is 1. The second-order valence-corrected chi connectivity index (χ2v) is 6.82. The van der Waals surface area contributed by atoms with Crippen molar-refractivity contribution in [1.82, 2.24) is 10.2 Å². The molecule has 1 aromatic carbocycles. The molecule has 1 aliphatic heterocycles. The minimum atomic E-state index is -4.38. The van der Waals surface area contributed by atoms with E-state index in [1.807, 2.05) is 13.8 Å². The summed E-state index contributed by atoms with van der Waals surface area (Å²) < 4.78 is 48.8. The summed E-state index contributed by atoms with van der Waals surface area (Å²) in [6.45, 7) is 7.13. The van der Waals surface area contributed by atoms with E-state index in [1.54, 1.807) is 0 Å². The van der Waals surface area contributed by atoms with Crippen molar-refractivity contribution in [3.8, 4) is 5.75 Å². The van der Waals surface area contributed by atoms with Crippen molar-refractivity contribution >= 4 is 5.96 Å². The highest BCUT2D eigenvalue weighted by Crippen LogP contribution is 2.30. The smallest absolute Gasteiger partial charge is 0.416 e. The molecular formula is C20H30F3N3O3. The zero-order valence-corrected chi connectivity index (χ0v) is 16.9. The van der Waals surface area contributed by atoms with E-state index in [4.69, 9.17) is 9.47 Å². The largest absolute Gasteiger partial charge is 0.491 e. The molecule has 29 heavy (non-hydrogen) atoms. The van der Waals surface area contributed by atoms with E-state index < -0.39 is 17.8 Å². The van der Waals surface area contributed by atoms with Gasteiger partial charge in [-0.15, -0.1) is 0 Å². The normalized spacial score (nSPS) is 17.3. The van der Waals surface area contributed by atoms with Crippen LogP contribution in [-0.2, 0) is 10.9 Å². The Morgan fingerprint density at radius 1 is 1.24 bits per heavy atom. The summed E-state index contributed by atoms with van der Waals surface area (Å²) in [5, 5.41) is 13.4. The van der Waals surface area contributed by atoms with Gasteiger partial charge < -0.3 is 24.8 Å². The van der Waals surface area contributed by atoms with Crippen LogP contribution in [0.4, 0.5) is 13.2 Å². The lowest BCUT2D eigenvalue weighted by Gasteiger charge is -2.34. The lowest BCUT2D eigenvalue weighted by Crippen LogP contribution is -2.47. The molecule has 2 rings (SSSR count). The molecule has 6 nitrogen and oxygen atoms in total. The molecule has 0 radical (unpaired) electrons. The molecule has 1 atom stereocenters. The standard InChI is InChI=1S/C20H30F3N3O3/c1-3-24-19(26-11-9-18(10-12-26)28-4-2)25-13-16(27)14-29-17-7-5-15(6-8-17)20(21,22)23/h5-8,16,18,27H,3-4,9-14H2,1-2H3,(H,24,25). The van der Waals surface area contributed by atoms with E-state index in [0.29, 0.717) is 13.2 Å². The molecular weight excluding hydrogens is 387 g/mol. The number of alkyl halides is 3. The van der Waals surface area contributed by atoms with Crippen LogP contribution < -0.4 is 10.1 Å². The van der Waals surface area contributed by atoms with Gasteiger partial charge in [0.05, 0.1) is 18.2 Å². The fourth-order valence-electron chi connectivity index (χ4n) is 3.07. The number of benzene rings is 1. The molecule has 1 fully saturated rings. The molecule has 0 amide bonds. The molecule has 0 saturated carbocycles. The third-order valence-electron chi connectivity index (χ3n) is 4.55. The zero-order valence-electron chi connectivity index (χ0n) is 16.9. The molecule has 1 aromatic rings. The minimum absolute atomic E-state index is 0.0549. The number of ether oxygens (including phenoxy) is 2. The summed E-state index contributed by atoms with van der Waals surface area (Å²) in [5.41, 5.74) is -0.738. The van der Waals surface area contributed by atoms with Crippen LogP contribution in [0.25, 0.3) is 0 Å². The van der Waals surface area contributed by atoms with Gasteiger partial charge >= 0.3 is 6.18 Å². The second-order valence-electron chi connectivity index (χ2n) is 6.82. The maximum atomic E-state index is 12.6. The first-order chi connectivity index (χ1) is 13.8. The summed E-state index contributed by atoms with van der Waals surface area (Å²) in [6.07, 6.45) is -3.11. The topological polar surface area (TPSA) is 66.3 Å². The van der Waals surface area contributed by atoms with Crippen molar-refractivity contribution in [2.45, 2.75) is 45.1 Å². The van der Waals surface area contributed by atoms with E-state index in [2.05, 4.69) is 15.2 Å². The summed E-state index contributed by atoms with van der Waals surface area (Å²) in [6, 6.07) is 4.39. The fraction of sp³-hybridized carbons (Fsp3) is 0.650. The Hall–Kier alpha value is -2.00. The van der Waals surface area contributed by atoms with Gasteiger partial charge in [-0.25, -0.2) is 0 Å². The summed E-state index contributed by atoms with van der Waals surface area (Å²) in [7, 11) is 0. The number of rotatable bonds is 8. The van der Waals surface area contributed by atoms with Gasteiger partial charge in [-0.1, -0.05) is 0 Å². The Balaban J connectivity index is 1.82. The van der Waals surface area contributed by atoms with Gasteiger partial charge in [-0.2, -0.15) is 13.2 Å². The lowest BCUT2D eigenvalue weighted by atomic mass is 10.1. The Morgan fingerprint density at radius 2 is 1.90 bits per heavy atom. The number of aliphatic hydroxyl groups excluding tert-OH is 1. The third kappa shape index (κ3) is 7.74. The Bertz CT molecular complexity index is 630. The fourth-order valence-corrected chi connectivity index (χ4v) is 3.07. The first-order valence-corrected chi connectivity index (χ1v) is 9.96. The molecule has 2 N–H and O–H groups in total. The molecule has 0 bridgehead atoms. The van der Waals surface area contributed by atoms with Crippen LogP contribution in [0.3, 0.4) is 0 Å². The Labute approximate surface area is 169 Å².